The fourth-order valence-electron chi connectivity index (χ4n) is 2.50. The van der Waals surface area contributed by atoms with Crippen LogP contribution in [0, 0.1) is 12.7 Å². The number of hydrazine groups is 1. The predicted molar refractivity (Wildman–Crippen MR) is 82.5 cm³/mol. The van der Waals surface area contributed by atoms with Gasteiger partial charge in [-0.15, -0.1) is 4.83 Å². The maximum absolute atomic E-state index is 14.0. The third-order valence-electron chi connectivity index (χ3n) is 3.81. The van der Waals surface area contributed by atoms with Crippen LogP contribution in [0.15, 0.2) is 12.1 Å². The minimum Gasteiger partial charge on any atom is -0.274 e. The topological polar surface area (TPSA) is 75.3 Å². The number of carbonyl (C=O) groups excluding carboxylic acids is 1. The van der Waals surface area contributed by atoms with Gasteiger partial charge < -0.3 is 0 Å². The molecule has 0 heterocycles. The molecule has 0 radical (unpaired) electrons. The van der Waals surface area contributed by atoms with E-state index in [-0.39, 0.29) is 16.1 Å². The second-order valence-electron chi connectivity index (χ2n) is 5.41. The van der Waals surface area contributed by atoms with Gasteiger partial charge in [0.1, 0.15) is 5.82 Å². The highest BCUT2D eigenvalue weighted by molar-refractivity contribution is 7.90. The maximum Gasteiger partial charge on any atom is 0.270 e. The van der Waals surface area contributed by atoms with Gasteiger partial charge >= 0.3 is 0 Å². The Bertz CT molecular complexity index is 673. The molecule has 22 heavy (non-hydrogen) atoms. The summed E-state index contributed by atoms with van der Waals surface area (Å²) >= 11 is 5.82. The molecule has 122 valence electrons. The van der Waals surface area contributed by atoms with Crippen molar-refractivity contribution in [2.24, 2.45) is 0 Å². The van der Waals surface area contributed by atoms with Crippen LogP contribution < -0.4 is 10.3 Å². The normalized spacial score (nSPS) is 16.5. The summed E-state index contributed by atoms with van der Waals surface area (Å²) in [6, 6.07) is 2.84. The number of benzene rings is 1. The van der Waals surface area contributed by atoms with Gasteiger partial charge in [0.05, 0.1) is 15.8 Å². The van der Waals surface area contributed by atoms with Crippen molar-refractivity contribution in [3.63, 3.8) is 0 Å². The van der Waals surface area contributed by atoms with Crippen molar-refractivity contribution in [1.29, 1.82) is 0 Å². The molecule has 1 aliphatic rings. The van der Waals surface area contributed by atoms with E-state index in [9.17, 15) is 17.6 Å². The monoisotopic (exact) mass is 348 g/mol. The van der Waals surface area contributed by atoms with Crippen molar-refractivity contribution in [3.05, 3.63) is 34.1 Å². The summed E-state index contributed by atoms with van der Waals surface area (Å²) in [6.45, 7) is 1.49. The van der Waals surface area contributed by atoms with E-state index < -0.39 is 27.0 Å². The minimum absolute atomic E-state index is 0.0718. The summed E-state index contributed by atoms with van der Waals surface area (Å²) in [5.41, 5.74) is 1.93. The predicted octanol–water partition coefficient (Wildman–Crippen LogP) is 2.68. The Labute approximate surface area is 134 Å². The van der Waals surface area contributed by atoms with Gasteiger partial charge in [-0.3, -0.25) is 10.2 Å². The first-order valence-electron chi connectivity index (χ1n) is 7.08. The summed E-state index contributed by atoms with van der Waals surface area (Å²) in [7, 11) is -3.67. The van der Waals surface area contributed by atoms with E-state index in [1.165, 1.54) is 19.1 Å². The van der Waals surface area contributed by atoms with Crippen molar-refractivity contribution in [3.8, 4) is 0 Å². The van der Waals surface area contributed by atoms with Gasteiger partial charge in [0.15, 0.2) is 0 Å². The Kier molecular flexibility index (Phi) is 5.41. The van der Waals surface area contributed by atoms with Gasteiger partial charge in [-0.05, 0) is 31.4 Å². The van der Waals surface area contributed by atoms with E-state index in [4.69, 9.17) is 11.6 Å². The molecule has 1 fully saturated rings. The molecule has 0 atom stereocenters. The van der Waals surface area contributed by atoms with Crippen molar-refractivity contribution in [1.82, 2.24) is 10.3 Å². The van der Waals surface area contributed by atoms with Crippen LogP contribution in [-0.2, 0) is 10.0 Å². The smallest absolute Gasteiger partial charge is 0.270 e. The Morgan fingerprint density at radius 1 is 1.27 bits per heavy atom. The van der Waals surface area contributed by atoms with Crippen LogP contribution in [0.5, 0.6) is 0 Å². The van der Waals surface area contributed by atoms with Crippen molar-refractivity contribution in [2.45, 2.75) is 44.3 Å². The number of amides is 1. The first kappa shape index (κ1) is 17.2. The number of halogens is 2. The molecular weight excluding hydrogens is 331 g/mol. The molecule has 0 saturated heterocycles. The molecule has 1 aliphatic carbocycles. The summed E-state index contributed by atoms with van der Waals surface area (Å²) in [5, 5.41) is -0.600. The van der Waals surface area contributed by atoms with Crippen LogP contribution in [0.4, 0.5) is 4.39 Å². The van der Waals surface area contributed by atoms with Crippen molar-refractivity contribution >= 4 is 27.5 Å². The number of nitrogens with one attached hydrogen (secondary N) is 2. The standard InChI is InChI=1S/C14H18ClFN2O3S/c1-9-7-8-11(15)12(13(9)16)14(19)17-18-22(20,21)10-5-3-2-4-6-10/h7-8,10,18H,2-6H2,1H3,(H,17,19). The molecule has 0 aliphatic heterocycles. The molecule has 2 N–H and O–H groups in total. The van der Waals surface area contributed by atoms with Gasteiger partial charge in [-0.25, -0.2) is 12.8 Å². The highest BCUT2D eigenvalue weighted by Gasteiger charge is 2.28. The summed E-state index contributed by atoms with van der Waals surface area (Å²) in [5.74, 6) is -1.67. The van der Waals surface area contributed by atoms with Crippen LogP contribution >= 0.6 is 11.6 Å². The van der Waals surface area contributed by atoms with Crippen LogP contribution in [0.1, 0.15) is 48.0 Å². The van der Waals surface area contributed by atoms with Gasteiger partial charge in [0, 0.05) is 0 Å². The van der Waals surface area contributed by atoms with Crippen LogP contribution in [0.2, 0.25) is 5.02 Å². The highest BCUT2D eigenvalue weighted by Crippen LogP contribution is 2.23. The lowest BCUT2D eigenvalue weighted by Crippen LogP contribution is -2.46. The number of rotatable bonds is 4. The average molecular weight is 349 g/mol. The molecule has 8 heteroatoms. The second kappa shape index (κ2) is 6.93. The average Bonchev–Trinajstić information content (AvgIpc) is 2.50. The zero-order chi connectivity index (χ0) is 16.3. The molecule has 2 rings (SSSR count). The molecule has 0 spiro atoms. The summed E-state index contributed by atoms with van der Waals surface area (Å²) in [4.78, 5) is 14.1. The zero-order valence-corrected chi connectivity index (χ0v) is 13.7. The second-order valence-corrected chi connectivity index (χ2v) is 7.78. The fraction of sp³-hybridized carbons (Fsp3) is 0.500. The van der Waals surface area contributed by atoms with E-state index >= 15 is 0 Å². The molecule has 0 bridgehead atoms. The van der Waals surface area contributed by atoms with Gasteiger partial charge in [0.25, 0.3) is 5.91 Å². The van der Waals surface area contributed by atoms with Gasteiger partial charge in [0.2, 0.25) is 10.0 Å². The Hall–Kier alpha value is -1.18. The van der Waals surface area contributed by atoms with Crippen molar-refractivity contribution in [2.75, 3.05) is 0 Å². The van der Waals surface area contributed by atoms with Crippen molar-refractivity contribution < 1.29 is 17.6 Å². The van der Waals surface area contributed by atoms with Crippen LogP contribution in [-0.4, -0.2) is 19.6 Å². The summed E-state index contributed by atoms with van der Waals surface area (Å²) in [6.07, 6.45) is 3.83. The maximum atomic E-state index is 14.0. The number of hydrogen-bond donors (Lipinski definition) is 2. The minimum atomic E-state index is -3.67. The Morgan fingerprint density at radius 2 is 1.91 bits per heavy atom. The van der Waals surface area contributed by atoms with E-state index in [2.05, 4.69) is 0 Å². The van der Waals surface area contributed by atoms with Crippen LogP contribution in [0.25, 0.3) is 0 Å². The fourth-order valence-corrected chi connectivity index (χ4v) is 4.09. The third-order valence-corrected chi connectivity index (χ3v) is 5.86. The molecule has 1 aromatic rings. The van der Waals surface area contributed by atoms with E-state index in [0.29, 0.717) is 12.8 Å². The Balaban J connectivity index is 2.08. The molecule has 1 saturated carbocycles. The number of aryl methyl sites for hydroxylation is 1. The largest absolute Gasteiger partial charge is 0.274 e. The SMILES string of the molecule is Cc1ccc(Cl)c(C(=O)NNS(=O)(=O)C2CCCCC2)c1F. The van der Waals surface area contributed by atoms with E-state index in [1.807, 2.05) is 10.3 Å². The zero-order valence-electron chi connectivity index (χ0n) is 12.2. The van der Waals surface area contributed by atoms with Crippen LogP contribution in [0.3, 0.4) is 0 Å². The number of hydrogen-bond acceptors (Lipinski definition) is 3. The van der Waals surface area contributed by atoms with E-state index in [0.717, 1.165) is 19.3 Å². The first-order valence-corrected chi connectivity index (χ1v) is 9.01. The lowest BCUT2D eigenvalue weighted by atomic mass is 10.0. The lowest BCUT2D eigenvalue weighted by molar-refractivity contribution is 0.0941. The number of carbonyl (C=O) groups is 1. The molecule has 1 amide bonds. The molecule has 0 unspecified atom stereocenters. The molecular formula is C14H18ClFN2O3S. The first-order chi connectivity index (χ1) is 10.3. The van der Waals surface area contributed by atoms with Gasteiger partial charge in [-0.1, -0.05) is 36.9 Å². The third kappa shape index (κ3) is 3.77. The van der Waals surface area contributed by atoms with Gasteiger partial charge in [-0.2, -0.15) is 0 Å². The highest BCUT2D eigenvalue weighted by atomic mass is 35.5. The molecule has 0 aromatic heterocycles. The molecule has 5 nitrogen and oxygen atoms in total. The quantitative estimate of drug-likeness (QED) is 0.821. The number of sulfonamides is 1. The van der Waals surface area contributed by atoms with E-state index in [1.54, 1.807) is 0 Å². The lowest BCUT2D eigenvalue weighted by Gasteiger charge is -2.22. The molecule has 1 aromatic carbocycles. The summed E-state index contributed by atoms with van der Waals surface area (Å²) < 4.78 is 38.2. The Morgan fingerprint density at radius 3 is 2.55 bits per heavy atom.